The number of anilines is 1. The lowest BCUT2D eigenvalue weighted by Crippen LogP contribution is -2.20. The Hall–Kier alpha value is -1.46. The lowest BCUT2D eigenvalue weighted by molar-refractivity contribution is 0.195. The van der Waals surface area contributed by atoms with Crippen molar-refractivity contribution in [3.05, 3.63) is 23.1 Å². The first-order chi connectivity index (χ1) is 8.72. The highest BCUT2D eigenvalue weighted by atomic mass is 35.5. The van der Waals surface area contributed by atoms with E-state index in [4.69, 9.17) is 16.3 Å². The van der Waals surface area contributed by atoms with Crippen LogP contribution in [0.1, 0.15) is 12.1 Å². The van der Waals surface area contributed by atoms with Crippen LogP contribution in [0.4, 0.5) is 5.82 Å². The van der Waals surface area contributed by atoms with Crippen LogP contribution >= 0.6 is 11.6 Å². The van der Waals surface area contributed by atoms with Gasteiger partial charge in [-0.1, -0.05) is 11.6 Å². The molecule has 0 spiro atoms. The summed E-state index contributed by atoms with van der Waals surface area (Å²) < 4.78 is 5.31. The summed E-state index contributed by atoms with van der Waals surface area (Å²) in [5.41, 5.74) is 2.42. The van der Waals surface area contributed by atoms with Gasteiger partial charge in [0.1, 0.15) is 5.52 Å². The third-order valence-electron chi connectivity index (χ3n) is 2.92. The number of ether oxygens (including phenoxy) is 1. The molecule has 0 aromatic carbocycles. The second kappa shape index (κ2) is 4.66. The van der Waals surface area contributed by atoms with E-state index in [1.807, 2.05) is 13.0 Å². The van der Waals surface area contributed by atoms with Gasteiger partial charge in [0, 0.05) is 12.3 Å². The molecule has 0 saturated carbocycles. The zero-order valence-corrected chi connectivity index (χ0v) is 10.7. The molecule has 2 aromatic rings. The molecule has 1 atom stereocenters. The van der Waals surface area contributed by atoms with Gasteiger partial charge in [0.25, 0.3) is 0 Å². The summed E-state index contributed by atoms with van der Waals surface area (Å²) in [5, 5.41) is 3.64. The first-order valence-electron chi connectivity index (χ1n) is 5.86. The van der Waals surface area contributed by atoms with Gasteiger partial charge in [0.15, 0.2) is 11.0 Å². The van der Waals surface area contributed by atoms with E-state index in [9.17, 15) is 0 Å². The molecule has 6 heteroatoms. The summed E-state index contributed by atoms with van der Waals surface area (Å²) in [7, 11) is 0. The van der Waals surface area contributed by atoms with E-state index in [1.54, 1.807) is 6.20 Å². The van der Waals surface area contributed by atoms with Gasteiger partial charge in [0.2, 0.25) is 0 Å². The van der Waals surface area contributed by atoms with Gasteiger partial charge in [-0.05, 0) is 19.4 Å². The molecule has 1 aliphatic heterocycles. The largest absolute Gasteiger partial charge is 0.379 e. The van der Waals surface area contributed by atoms with Crippen molar-refractivity contribution in [2.24, 2.45) is 0 Å². The molecule has 5 nitrogen and oxygen atoms in total. The SMILES string of the molecule is Cc1cc2nc(NC3CCOC3)c(Cl)nc2cn1. The van der Waals surface area contributed by atoms with E-state index in [2.05, 4.69) is 20.3 Å². The topological polar surface area (TPSA) is 59.9 Å². The van der Waals surface area contributed by atoms with Crippen molar-refractivity contribution >= 4 is 28.5 Å². The Kier molecular flexibility index (Phi) is 3.01. The van der Waals surface area contributed by atoms with Gasteiger partial charge in [-0.25, -0.2) is 9.97 Å². The summed E-state index contributed by atoms with van der Waals surface area (Å²) in [5.74, 6) is 0.616. The average molecular weight is 265 g/mol. The van der Waals surface area contributed by atoms with Crippen LogP contribution in [0.2, 0.25) is 5.15 Å². The second-order valence-electron chi connectivity index (χ2n) is 4.38. The van der Waals surface area contributed by atoms with Gasteiger partial charge in [-0.3, -0.25) is 4.98 Å². The number of pyridine rings is 1. The van der Waals surface area contributed by atoms with Crippen LogP contribution in [-0.4, -0.2) is 34.2 Å². The van der Waals surface area contributed by atoms with Crippen molar-refractivity contribution in [2.45, 2.75) is 19.4 Å². The molecular formula is C12H13ClN4O. The third-order valence-corrected chi connectivity index (χ3v) is 3.18. The Bertz CT molecular complexity index is 584. The van der Waals surface area contributed by atoms with Crippen LogP contribution in [0.5, 0.6) is 0 Å². The molecule has 1 saturated heterocycles. The third kappa shape index (κ3) is 2.23. The highest BCUT2D eigenvalue weighted by Crippen LogP contribution is 2.23. The zero-order chi connectivity index (χ0) is 12.5. The molecule has 18 heavy (non-hydrogen) atoms. The molecule has 1 aliphatic rings. The monoisotopic (exact) mass is 264 g/mol. The molecule has 1 N–H and O–H groups in total. The predicted molar refractivity (Wildman–Crippen MR) is 69.9 cm³/mol. The van der Waals surface area contributed by atoms with E-state index < -0.39 is 0 Å². The quantitative estimate of drug-likeness (QED) is 0.901. The van der Waals surface area contributed by atoms with E-state index in [0.717, 1.165) is 24.2 Å². The number of nitrogens with zero attached hydrogens (tertiary/aromatic N) is 3. The van der Waals surface area contributed by atoms with Crippen LogP contribution in [0.25, 0.3) is 11.0 Å². The molecule has 3 rings (SSSR count). The van der Waals surface area contributed by atoms with Crippen LogP contribution in [-0.2, 0) is 4.74 Å². The van der Waals surface area contributed by atoms with Gasteiger partial charge in [-0.2, -0.15) is 0 Å². The number of aromatic nitrogens is 3. The van der Waals surface area contributed by atoms with Crippen LogP contribution < -0.4 is 5.32 Å². The highest BCUT2D eigenvalue weighted by molar-refractivity contribution is 6.32. The zero-order valence-electron chi connectivity index (χ0n) is 9.98. The standard InChI is InChI=1S/C12H13ClN4O/c1-7-4-9-10(5-14-7)16-11(13)12(17-9)15-8-2-3-18-6-8/h4-5,8H,2-3,6H2,1H3,(H,15,17). The van der Waals surface area contributed by atoms with Crippen molar-refractivity contribution in [1.82, 2.24) is 15.0 Å². The minimum atomic E-state index is 0.261. The minimum Gasteiger partial charge on any atom is -0.379 e. The molecule has 2 aromatic heterocycles. The fraction of sp³-hybridized carbons (Fsp3) is 0.417. The van der Waals surface area contributed by atoms with Crippen molar-refractivity contribution in [1.29, 1.82) is 0 Å². The summed E-state index contributed by atoms with van der Waals surface area (Å²) in [6.45, 7) is 3.39. The van der Waals surface area contributed by atoms with Crippen LogP contribution in [0.15, 0.2) is 12.3 Å². The first-order valence-corrected chi connectivity index (χ1v) is 6.24. The molecule has 0 bridgehead atoms. The summed E-state index contributed by atoms with van der Waals surface area (Å²) in [4.78, 5) is 13.0. The van der Waals surface area contributed by atoms with Crippen molar-refractivity contribution in [3.63, 3.8) is 0 Å². The van der Waals surface area contributed by atoms with E-state index in [0.29, 0.717) is 23.1 Å². The van der Waals surface area contributed by atoms with Crippen LogP contribution in [0, 0.1) is 6.92 Å². The van der Waals surface area contributed by atoms with Crippen molar-refractivity contribution in [2.75, 3.05) is 18.5 Å². The van der Waals surface area contributed by atoms with Gasteiger partial charge < -0.3 is 10.1 Å². The van der Waals surface area contributed by atoms with E-state index in [1.165, 1.54) is 0 Å². The molecule has 0 amide bonds. The Labute approximate surface area is 110 Å². The highest BCUT2D eigenvalue weighted by Gasteiger charge is 2.18. The summed E-state index contributed by atoms with van der Waals surface area (Å²) >= 11 is 6.12. The fourth-order valence-corrected chi connectivity index (χ4v) is 2.16. The second-order valence-corrected chi connectivity index (χ2v) is 4.74. The fourth-order valence-electron chi connectivity index (χ4n) is 1.97. The van der Waals surface area contributed by atoms with Crippen molar-refractivity contribution in [3.8, 4) is 0 Å². The summed E-state index contributed by atoms with van der Waals surface area (Å²) in [6.07, 6.45) is 2.65. The number of hydrogen-bond acceptors (Lipinski definition) is 5. The number of nitrogens with one attached hydrogen (secondary N) is 1. The molecule has 1 fully saturated rings. The first kappa shape index (κ1) is 11.6. The minimum absolute atomic E-state index is 0.261. The van der Waals surface area contributed by atoms with Gasteiger partial charge in [0.05, 0.1) is 24.4 Å². The predicted octanol–water partition coefficient (Wildman–Crippen LogP) is 2.19. The number of aryl methyl sites for hydroxylation is 1. The lowest BCUT2D eigenvalue weighted by atomic mass is 10.2. The van der Waals surface area contributed by atoms with Crippen LogP contribution in [0.3, 0.4) is 0 Å². The maximum Gasteiger partial charge on any atom is 0.172 e. The number of halogens is 1. The Balaban J connectivity index is 1.97. The molecule has 94 valence electrons. The molecule has 1 unspecified atom stereocenters. The number of fused-ring (bicyclic) bond motifs is 1. The molecule has 0 aliphatic carbocycles. The summed E-state index contributed by atoms with van der Waals surface area (Å²) in [6, 6.07) is 2.16. The smallest absolute Gasteiger partial charge is 0.172 e. The Morgan fingerprint density at radius 3 is 3.06 bits per heavy atom. The maximum atomic E-state index is 6.12. The van der Waals surface area contributed by atoms with Crippen molar-refractivity contribution < 1.29 is 4.74 Å². The molecule has 3 heterocycles. The molecule has 0 radical (unpaired) electrons. The number of rotatable bonds is 2. The maximum absolute atomic E-state index is 6.12. The van der Waals surface area contributed by atoms with E-state index in [-0.39, 0.29) is 6.04 Å². The Morgan fingerprint density at radius 1 is 1.39 bits per heavy atom. The molecular weight excluding hydrogens is 252 g/mol. The Morgan fingerprint density at radius 2 is 2.28 bits per heavy atom. The normalized spacial score (nSPS) is 19.3. The van der Waals surface area contributed by atoms with E-state index >= 15 is 0 Å². The number of hydrogen-bond donors (Lipinski definition) is 1. The van der Waals surface area contributed by atoms with Gasteiger partial charge in [-0.15, -0.1) is 0 Å². The average Bonchev–Trinajstić information content (AvgIpc) is 2.83. The lowest BCUT2D eigenvalue weighted by Gasteiger charge is -2.12. The van der Waals surface area contributed by atoms with Gasteiger partial charge >= 0.3 is 0 Å².